The van der Waals surface area contributed by atoms with Gasteiger partial charge in [-0.05, 0) is 268 Å². The summed E-state index contributed by atoms with van der Waals surface area (Å²) in [6.45, 7) is 51.3. The minimum atomic E-state index is 0.221. The summed E-state index contributed by atoms with van der Waals surface area (Å²) in [6, 6.07) is 26.1. The van der Waals surface area contributed by atoms with Crippen molar-refractivity contribution in [3.63, 3.8) is 0 Å². The van der Waals surface area contributed by atoms with E-state index in [1.165, 1.54) is 59.4 Å². The van der Waals surface area contributed by atoms with Gasteiger partial charge in [0.25, 0.3) is 0 Å². The molecule has 15 heteroatoms. The first-order valence-electron chi connectivity index (χ1n) is 33.7. The molecule has 3 aromatic heterocycles. The van der Waals surface area contributed by atoms with Crippen LogP contribution in [0.15, 0.2) is 72.8 Å². The lowest BCUT2D eigenvalue weighted by Crippen LogP contribution is -2.21. The molecule has 6 N–H and O–H groups in total. The third kappa shape index (κ3) is 20.6. The van der Waals surface area contributed by atoms with Gasteiger partial charge in [-0.15, -0.1) is 0 Å². The Labute approximate surface area is 568 Å². The molecule has 9 aromatic rings. The van der Waals surface area contributed by atoms with Crippen LogP contribution in [-0.2, 0) is 0 Å². The number of nitrogens with one attached hydrogen (secondary N) is 2. The molecule has 0 saturated heterocycles. The summed E-state index contributed by atoms with van der Waals surface area (Å²) in [4.78, 5) is 45.9. The van der Waals surface area contributed by atoms with Gasteiger partial charge >= 0.3 is 0 Å². The maximum absolute atomic E-state index is 6.26. The molecule has 3 heterocycles. The Morgan fingerprint density at radius 3 is 0.660 bits per heavy atom. The van der Waals surface area contributed by atoms with Gasteiger partial charge in [0.15, 0.2) is 34.9 Å². The Hall–Kier alpha value is -7.88. The average molecular weight is 1290 g/mol. The summed E-state index contributed by atoms with van der Waals surface area (Å²) in [5.41, 5.74) is 38.0. The van der Waals surface area contributed by atoms with Crippen molar-refractivity contribution in [3.05, 3.63) is 178 Å². The second-order valence-corrected chi connectivity index (χ2v) is 26.0. The molecule has 0 amide bonds. The van der Waals surface area contributed by atoms with E-state index in [2.05, 4.69) is 244 Å². The Morgan fingerprint density at radius 2 is 0.479 bits per heavy atom. The molecule has 0 aliphatic carbocycles. The largest absolute Gasteiger partial charge is 0.354 e. The Kier molecular flexibility index (Phi) is 28.4. The summed E-state index contributed by atoms with van der Waals surface area (Å²) in [6.07, 6.45) is 6.36. The molecule has 0 radical (unpaired) electrons. The fraction of sp³-hybridized carbons (Fsp3) is 0.430. The summed E-state index contributed by atoms with van der Waals surface area (Å²) >= 11 is 6.26. The molecule has 500 valence electrons. The first-order chi connectivity index (χ1) is 44.7. The molecular weight excluding hydrogens is 1180 g/mol. The van der Waals surface area contributed by atoms with Gasteiger partial charge in [-0.3, -0.25) is 0 Å². The molecule has 0 aliphatic heterocycles. The van der Waals surface area contributed by atoms with Crippen LogP contribution in [0.4, 0.5) is 11.9 Å². The van der Waals surface area contributed by atoms with E-state index in [1.807, 2.05) is 0 Å². The highest BCUT2D eigenvalue weighted by Crippen LogP contribution is 2.35. The van der Waals surface area contributed by atoms with Crippen LogP contribution >= 0.6 is 11.6 Å². The quantitative estimate of drug-likeness (QED) is 0.0496. The van der Waals surface area contributed by atoms with Gasteiger partial charge in [-0.25, -0.2) is 15.0 Å². The topological polar surface area (TPSA) is 195 Å². The molecule has 0 bridgehead atoms. The molecule has 9 rings (SSSR count). The lowest BCUT2D eigenvalue weighted by molar-refractivity contribution is 0.321. The standard InChI is InChI=1S/C47H56N8.C21H22ClN3.C6H15N.C5H14N2/c1-26-18-30(5)38(31(6)19-26)42-50-43(39-32(7)20-27(2)21-33(39)8)53-46(52-42)48-16-14-13-15-17-49-47-54-44(40-34(9)22-28(3)23-35(40)10)51-45(55-47)41-36(11)24-29(4)25-37(41)12;1-11-7-13(3)17(14(4)8-11)19-23-20(25-21(22)24-19)18-15(5)9-12(2)10-16(18)6;1-4-7(5-2)6-3;6-4-2-1-3-5-7/h18-25H,13-17H2,1-12H3,(H,48,50,52,53)(H,49,51,54,55);7-10H,1-6H3;4-6H2,1-3H3;1-7H2. The normalized spacial score (nSPS) is 11.0. The molecule has 0 spiro atoms. The number of anilines is 2. The molecule has 0 atom stereocenters. The van der Waals surface area contributed by atoms with Crippen molar-refractivity contribution in [2.75, 3.05) is 56.4 Å². The van der Waals surface area contributed by atoms with Crippen molar-refractivity contribution in [1.29, 1.82) is 0 Å². The van der Waals surface area contributed by atoms with E-state index in [0.29, 0.717) is 46.8 Å². The summed E-state index contributed by atoms with van der Waals surface area (Å²) in [5.74, 6) is 5.27. The molecular formula is C79H107ClN14. The van der Waals surface area contributed by atoms with Crippen LogP contribution in [-0.4, -0.2) is 95.6 Å². The first kappa shape index (κ1) is 75.2. The van der Waals surface area contributed by atoms with E-state index < -0.39 is 0 Å². The zero-order chi connectivity index (χ0) is 69.1. The van der Waals surface area contributed by atoms with E-state index >= 15 is 0 Å². The van der Waals surface area contributed by atoms with Gasteiger partial charge in [-0.1, -0.05) is 133 Å². The molecule has 0 fully saturated rings. The molecule has 6 aromatic carbocycles. The third-order valence-electron chi connectivity index (χ3n) is 17.0. The predicted molar refractivity (Wildman–Crippen MR) is 399 cm³/mol. The highest BCUT2D eigenvalue weighted by Gasteiger charge is 2.21. The van der Waals surface area contributed by atoms with Crippen molar-refractivity contribution >= 4 is 23.5 Å². The van der Waals surface area contributed by atoms with E-state index in [1.54, 1.807) is 0 Å². The van der Waals surface area contributed by atoms with Crippen LogP contribution < -0.4 is 22.1 Å². The lowest BCUT2D eigenvalue weighted by Gasteiger charge is -2.16. The zero-order valence-corrected chi connectivity index (χ0v) is 61.4. The average Bonchev–Trinajstić information content (AvgIpc) is 0.797. The van der Waals surface area contributed by atoms with Gasteiger partial charge < -0.3 is 27.0 Å². The van der Waals surface area contributed by atoms with Gasteiger partial charge in [0.2, 0.25) is 17.2 Å². The molecule has 0 saturated carbocycles. The minimum absolute atomic E-state index is 0.221. The van der Waals surface area contributed by atoms with E-state index in [0.717, 1.165) is 158 Å². The highest BCUT2D eigenvalue weighted by molar-refractivity contribution is 6.28. The van der Waals surface area contributed by atoms with Crippen LogP contribution in [0.3, 0.4) is 0 Å². The number of hydrogen-bond donors (Lipinski definition) is 4. The monoisotopic (exact) mass is 1290 g/mol. The van der Waals surface area contributed by atoms with E-state index in [-0.39, 0.29) is 5.28 Å². The van der Waals surface area contributed by atoms with Crippen molar-refractivity contribution in [3.8, 4) is 68.3 Å². The Bertz CT molecular complexity index is 3490. The molecule has 0 unspecified atom stereocenters. The van der Waals surface area contributed by atoms with Crippen molar-refractivity contribution in [2.45, 2.75) is 184 Å². The van der Waals surface area contributed by atoms with Crippen LogP contribution in [0.1, 0.15) is 159 Å². The first-order valence-corrected chi connectivity index (χ1v) is 34.1. The van der Waals surface area contributed by atoms with Gasteiger partial charge in [-0.2, -0.15) is 29.9 Å². The summed E-state index contributed by atoms with van der Waals surface area (Å²) in [5, 5.41) is 7.30. The third-order valence-corrected chi connectivity index (χ3v) is 17.1. The Morgan fingerprint density at radius 1 is 0.287 bits per heavy atom. The zero-order valence-electron chi connectivity index (χ0n) is 60.6. The van der Waals surface area contributed by atoms with Crippen LogP contribution in [0.2, 0.25) is 5.28 Å². The number of aromatic nitrogens is 9. The molecule has 94 heavy (non-hydrogen) atoms. The van der Waals surface area contributed by atoms with E-state index in [9.17, 15) is 0 Å². The van der Waals surface area contributed by atoms with Gasteiger partial charge in [0.1, 0.15) is 0 Å². The number of nitrogens with two attached hydrogens (primary N) is 2. The number of aryl methyl sites for hydroxylation is 18. The summed E-state index contributed by atoms with van der Waals surface area (Å²) < 4.78 is 0. The van der Waals surface area contributed by atoms with Crippen molar-refractivity contribution in [1.82, 2.24) is 49.8 Å². The minimum Gasteiger partial charge on any atom is -0.354 e. The summed E-state index contributed by atoms with van der Waals surface area (Å²) in [7, 11) is 0. The lowest BCUT2D eigenvalue weighted by atomic mass is 9.98. The number of unbranched alkanes of at least 4 members (excludes halogenated alkanes) is 4. The Balaban J connectivity index is 0.000000292. The van der Waals surface area contributed by atoms with Crippen molar-refractivity contribution in [2.24, 2.45) is 11.5 Å². The molecule has 0 aliphatic rings. The second kappa shape index (κ2) is 35.6. The van der Waals surface area contributed by atoms with Crippen molar-refractivity contribution < 1.29 is 0 Å². The predicted octanol–water partition coefficient (Wildman–Crippen LogP) is 18.3. The van der Waals surface area contributed by atoms with Crippen LogP contribution in [0.5, 0.6) is 0 Å². The maximum Gasteiger partial charge on any atom is 0.226 e. The number of halogens is 1. The second-order valence-electron chi connectivity index (χ2n) is 25.7. The van der Waals surface area contributed by atoms with Crippen LogP contribution in [0.25, 0.3) is 68.3 Å². The SMILES string of the molecule is CCN(CC)CC.Cc1cc(C)c(-c2nc(Cl)nc(-c3c(C)cc(C)cc3C)n2)c(C)c1.Cc1cc(C)c(-c2nc(NCCCCCNc3nc(-c4c(C)cc(C)cc4C)nc(-c4c(C)cc(C)cc4C)n3)nc(-c3c(C)cc(C)cc3C)n2)c(C)c1.NCCCCCN. The van der Waals surface area contributed by atoms with Gasteiger partial charge in [0, 0.05) is 46.5 Å². The fourth-order valence-corrected chi connectivity index (χ4v) is 13.3. The van der Waals surface area contributed by atoms with Gasteiger partial charge in [0.05, 0.1) is 0 Å². The maximum atomic E-state index is 6.26. The smallest absolute Gasteiger partial charge is 0.226 e. The highest BCUT2D eigenvalue weighted by atomic mass is 35.5. The number of hydrogen-bond acceptors (Lipinski definition) is 14. The fourth-order valence-electron chi connectivity index (χ4n) is 13.1. The molecule has 14 nitrogen and oxygen atoms in total. The number of nitrogens with zero attached hydrogens (tertiary/aromatic N) is 10. The van der Waals surface area contributed by atoms with Crippen LogP contribution in [0, 0.1) is 125 Å². The number of benzene rings is 6. The van der Waals surface area contributed by atoms with E-state index in [4.69, 9.17) is 58.0 Å². The number of rotatable bonds is 21.